The predicted octanol–water partition coefficient (Wildman–Crippen LogP) is 7.15. The second-order valence-electron chi connectivity index (χ2n) is 9.05. The van der Waals surface area contributed by atoms with Crippen LogP contribution < -0.4 is 9.47 Å². The first-order valence-electron chi connectivity index (χ1n) is 12.1. The van der Waals surface area contributed by atoms with Crippen molar-refractivity contribution in [3.8, 4) is 22.6 Å². The van der Waals surface area contributed by atoms with Crippen LogP contribution in [0.3, 0.4) is 0 Å². The van der Waals surface area contributed by atoms with Gasteiger partial charge in [0.05, 0.1) is 18.6 Å². The number of ether oxygens (including phenoxy) is 3. The number of hydrogen-bond acceptors (Lipinski definition) is 4. The molecule has 4 nitrogen and oxygen atoms in total. The molecule has 1 aliphatic carbocycles. The second-order valence-corrected chi connectivity index (χ2v) is 9.05. The van der Waals surface area contributed by atoms with Crippen molar-refractivity contribution >= 4 is 5.97 Å². The van der Waals surface area contributed by atoms with Crippen LogP contribution in [0.1, 0.15) is 37.3 Å². The van der Waals surface area contributed by atoms with Crippen molar-refractivity contribution in [2.45, 2.75) is 45.4 Å². The Hall–Kier alpha value is -3.48. The van der Waals surface area contributed by atoms with Crippen LogP contribution in [0.25, 0.3) is 11.1 Å². The molecule has 36 heavy (non-hydrogen) atoms. The van der Waals surface area contributed by atoms with E-state index in [1.807, 2.05) is 55.5 Å². The largest absolute Gasteiger partial charge is 0.573 e. The first kappa shape index (κ1) is 25.6. The lowest BCUT2D eigenvalue weighted by atomic mass is 9.65. The molecule has 7 heteroatoms. The minimum atomic E-state index is -4.72. The maximum atomic E-state index is 12.5. The lowest BCUT2D eigenvalue weighted by molar-refractivity contribution is -0.274. The summed E-state index contributed by atoms with van der Waals surface area (Å²) < 4.78 is 52.6. The summed E-state index contributed by atoms with van der Waals surface area (Å²) in [5, 5.41) is 0. The van der Waals surface area contributed by atoms with E-state index in [2.05, 4.69) is 4.74 Å². The van der Waals surface area contributed by atoms with E-state index in [0.29, 0.717) is 31.6 Å². The number of benzene rings is 3. The van der Waals surface area contributed by atoms with Gasteiger partial charge >= 0.3 is 12.3 Å². The van der Waals surface area contributed by atoms with Gasteiger partial charge in [-0.05, 0) is 72.7 Å². The molecule has 0 bridgehead atoms. The standard InChI is InChI=1S/C29H29F3O4/c1-2-34-27(33)28(16-4-17-28)20-22-9-13-25(14-10-22)35-18-15-21-7-11-23(12-8-21)24-5-3-6-26(19-24)36-29(30,31)32/h3,5-14,19H,2,4,15-18,20H2,1H3. The van der Waals surface area contributed by atoms with Gasteiger partial charge in [-0.2, -0.15) is 0 Å². The Morgan fingerprint density at radius 2 is 1.58 bits per heavy atom. The van der Waals surface area contributed by atoms with Gasteiger partial charge in [-0.15, -0.1) is 13.2 Å². The molecule has 0 unspecified atom stereocenters. The fourth-order valence-electron chi connectivity index (χ4n) is 4.46. The summed E-state index contributed by atoms with van der Waals surface area (Å²) in [5.41, 5.74) is 3.22. The molecule has 3 aromatic rings. The predicted molar refractivity (Wildman–Crippen MR) is 131 cm³/mol. The Labute approximate surface area is 209 Å². The fraction of sp³-hybridized carbons (Fsp3) is 0.345. The third kappa shape index (κ3) is 6.59. The molecule has 0 aliphatic heterocycles. The van der Waals surface area contributed by atoms with Gasteiger partial charge in [-0.25, -0.2) is 0 Å². The highest BCUT2D eigenvalue weighted by molar-refractivity contribution is 5.78. The Kier molecular flexibility index (Phi) is 7.87. The van der Waals surface area contributed by atoms with E-state index in [0.717, 1.165) is 41.7 Å². The van der Waals surface area contributed by atoms with Crippen LogP contribution in [0.15, 0.2) is 72.8 Å². The summed E-state index contributed by atoms with van der Waals surface area (Å²) in [7, 11) is 0. The molecule has 0 heterocycles. The zero-order valence-corrected chi connectivity index (χ0v) is 20.1. The summed E-state index contributed by atoms with van der Waals surface area (Å²) in [6, 6.07) is 21.4. The molecule has 4 rings (SSSR count). The maximum Gasteiger partial charge on any atom is 0.573 e. The van der Waals surface area contributed by atoms with E-state index < -0.39 is 6.36 Å². The quantitative estimate of drug-likeness (QED) is 0.279. The summed E-state index contributed by atoms with van der Waals surface area (Å²) >= 11 is 0. The number of alkyl halides is 3. The second kappa shape index (κ2) is 11.1. The van der Waals surface area contributed by atoms with Crippen LogP contribution in [0.4, 0.5) is 13.2 Å². The van der Waals surface area contributed by atoms with Crippen LogP contribution in [-0.2, 0) is 22.4 Å². The lowest BCUT2D eigenvalue weighted by Crippen LogP contribution is -2.41. The highest BCUT2D eigenvalue weighted by atomic mass is 19.4. The van der Waals surface area contributed by atoms with Gasteiger partial charge in [-0.1, -0.05) is 55.0 Å². The van der Waals surface area contributed by atoms with Gasteiger partial charge in [0.15, 0.2) is 0 Å². The highest BCUT2D eigenvalue weighted by Gasteiger charge is 2.45. The Morgan fingerprint density at radius 1 is 0.889 bits per heavy atom. The highest BCUT2D eigenvalue weighted by Crippen LogP contribution is 2.45. The summed E-state index contributed by atoms with van der Waals surface area (Å²) in [4.78, 5) is 12.4. The fourth-order valence-corrected chi connectivity index (χ4v) is 4.46. The van der Waals surface area contributed by atoms with E-state index in [1.54, 1.807) is 6.07 Å². The molecule has 0 N–H and O–H groups in total. The van der Waals surface area contributed by atoms with E-state index in [-0.39, 0.29) is 17.1 Å². The average Bonchev–Trinajstić information content (AvgIpc) is 2.82. The molecule has 0 atom stereocenters. The molecule has 1 fully saturated rings. The van der Waals surface area contributed by atoms with Crippen LogP contribution >= 0.6 is 0 Å². The molecule has 0 amide bonds. The van der Waals surface area contributed by atoms with Gasteiger partial charge in [0.1, 0.15) is 11.5 Å². The SMILES string of the molecule is CCOC(=O)C1(Cc2ccc(OCCc3ccc(-c4cccc(OC(F)(F)F)c4)cc3)cc2)CCC1. The normalized spacial score (nSPS) is 14.6. The lowest BCUT2D eigenvalue weighted by Gasteiger charge is -2.39. The van der Waals surface area contributed by atoms with Crippen LogP contribution in [0, 0.1) is 5.41 Å². The van der Waals surface area contributed by atoms with E-state index >= 15 is 0 Å². The van der Waals surface area contributed by atoms with Crippen molar-refractivity contribution in [3.05, 3.63) is 83.9 Å². The number of carbonyl (C=O) groups is 1. The Bertz CT molecular complexity index is 1150. The molecule has 3 aromatic carbocycles. The number of carbonyl (C=O) groups excluding carboxylic acids is 1. The number of hydrogen-bond donors (Lipinski definition) is 0. The van der Waals surface area contributed by atoms with E-state index in [9.17, 15) is 18.0 Å². The summed E-state index contributed by atoms with van der Waals surface area (Å²) in [6.07, 6.45) is -0.551. The zero-order valence-electron chi connectivity index (χ0n) is 20.1. The topological polar surface area (TPSA) is 44.8 Å². The van der Waals surface area contributed by atoms with Gasteiger partial charge in [0.25, 0.3) is 0 Å². The average molecular weight is 499 g/mol. The molecular weight excluding hydrogens is 469 g/mol. The van der Waals surface area contributed by atoms with Crippen LogP contribution in [-0.4, -0.2) is 25.5 Å². The third-order valence-electron chi connectivity index (χ3n) is 6.50. The van der Waals surface area contributed by atoms with Crippen molar-refractivity contribution in [1.29, 1.82) is 0 Å². The number of esters is 1. The van der Waals surface area contributed by atoms with Crippen molar-refractivity contribution in [2.75, 3.05) is 13.2 Å². The monoisotopic (exact) mass is 498 g/mol. The molecule has 0 radical (unpaired) electrons. The maximum absolute atomic E-state index is 12.5. The van der Waals surface area contributed by atoms with E-state index in [1.165, 1.54) is 18.2 Å². The molecule has 190 valence electrons. The van der Waals surface area contributed by atoms with Crippen molar-refractivity contribution in [3.63, 3.8) is 0 Å². The number of rotatable bonds is 10. The first-order chi connectivity index (χ1) is 17.3. The molecule has 0 aromatic heterocycles. The van der Waals surface area contributed by atoms with Gasteiger partial charge < -0.3 is 14.2 Å². The summed E-state index contributed by atoms with van der Waals surface area (Å²) in [5.74, 6) is 0.424. The van der Waals surface area contributed by atoms with Gasteiger partial charge in [0, 0.05) is 6.42 Å². The third-order valence-corrected chi connectivity index (χ3v) is 6.50. The summed E-state index contributed by atoms with van der Waals surface area (Å²) in [6.45, 7) is 2.72. The van der Waals surface area contributed by atoms with Gasteiger partial charge in [-0.3, -0.25) is 4.79 Å². The molecular formula is C29H29F3O4. The Morgan fingerprint density at radius 3 is 2.19 bits per heavy atom. The molecule has 0 spiro atoms. The van der Waals surface area contributed by atoms with Crippen molar-refractivity contribution in [2.24, 2.45) is 5.41 Å². The smallest absolute Gasteiger partial charge is 0.493 e. The molecule has 1 saturated carbocycles. The number of halogens is 3. The molecule has 1 aliphatic rings. The minimum Gasteiger partial charge on any atom is -0.493 e. The van der Waals surface area contributed by atoms with Crippen molar-refractivity contribution < 1.29 is 32.2 Å². The minimum absolute atomic E-state index is 0.0926. The van der Waals surface area contributed by atoms with Crippen molar-refractivity contribution in [1.82, 2.24) is 0 Å². The Balaban J connectivity index is 1.28. The van der Waals surface area contributed by atoms with Gasteiger partial charge in [0.2, 0.25) is 0 Å². The first-order valence-corrected chi connectivity index (χ1v) is 12.1. The van der Waals surface area contributed by atoms with Crippen LogP contribution in [0.2, 0.25) is 0 Å². The van der Waals surface area contributed by atoms with Crippen LogP contribution in [0.5, 0.6) is 11.5 Å². The molecule has 0 saturated heterocycles. The van der Waals surface area contributed by atoms with E-state index in [4.69, 9.17) is 9.47 Å². The zero-order chi connectivity index (χ0) is 25.6.